The van der Waals surface area contributed by atoms with Crippen LogP contribution in [0.5, 0.6) is 11.5 Å². The van der Waals surface area contributed by atoms with Gasteiger partial charge in [0.25, 0.3) is 5.91 Å². The molecule has 0 unspecified atom stereocenters. The molecule has 0 aliphatic heterocycles. The van der Waals surface area contributed by atoms with Crippen molar-refractivity contribution in [2.45, 2.75) is 6.92 Å². The van der Waals surface area contributed by atoms with Crippen molar-refractivity contribution < 1.29 is 18.7 Å². The molecular formula is C29H26FN3O3. The average Bonchev–Trinajstić information content (AvgIpc) is 2.89. The molecule has 0 radical (unpaired) electrons. The number of carbonyl (C=O) groups excluding carboxylic acids is 2. The molecule has 0 spiro atoms. The average molecular weight is 484 g/mol. The molecule has 0 atom stereocenters. The fourth-order valence-corrected chi connectivity index (χ4v) is 3.62. The first-order chi connectivity index (χ1) is 17.5. The van der Waals surface area contributed by atoms with Gasteiger partial charge in [-0.15, -0.1) is 0 Å². The molecule has 0 heterocycles. The van der Waals surface area contributed by atoms with Gasteiger partial charge in [-0.25, -0.2) is 9.18 Å². The van der Waals surface area contributed by atoms with Gasteiger partial charge in [0.05, 0.1) is 5.69 Å². The highest BCUT2D eigenvalue weighted by Gasteiger charge is 2.18. The van der Waals surface area contributed by atoms with E-state index in [0.717, 1.165) is 5.56 Å². The molecule has 6 nitrogen and oxygen atoms in total. The van der Waals surface area contributed by atoms with Crippen molar-refractivity contribution in [3.8, 4) is 11.5 Å². The Morgan fingerprint density at radius 1 is 0.806 bits per heavy atom. The number of ether oxygens (including phenoxy) is 1. The molecule has 36 heavy (non-hydrogen) atoms. The predicted octanol–water partition coefficient (Wildman–Crippen LogP) is 6.39. The van der Waals surface area contributed by atoms with E-state index in [-0.39, 0.29) is 24.7 Å². The summed E-state index contributed by atoms with van der Waals surface area (Å²) < 4.78 is 20.0. The SMILES string of the molecule is Cc1ccccc1C(=O)NCCN(C(=O)Nc1ccccc1F)c1ccc(Oc2ccccc2)cc1. The molecule has 0 saturated carbocycles. The number of amides is 3. The summed E-state index contributed by atoms with van der Waals surface area (Å²) >= 11 is 0. The van der Waals surface area contributed by atoms with Gasteiger partial charge in [-0.1, -0.05) is 48.5 Å². The highest BCUT2D eigenvalue weighted by molar-refractivity contribution is 6.02. The third-order valence-corrected chi connectivity index (χ3v) is 5.50. The van der Waals surface area contributed by atoms with Crippen LogP contribution in [-0.4, -0.2) is 25.0 Å². The second-order valence-corrected chi connectivity index (χ2v) is 8.04. The van der Waals surface area contributed by atoms with E-state index in [4.69, 9.17) is 4.74 Å². The van der Waals surface area contributed by atoms with Crippen LogP contribution in [0.4, 0.5) is 20.6 Å². The van der Waals surface area contributed by atoms with Crippen LogP contribution in [0.1, 0.15) is 15.9 Å². The molecule has 0 bridgehead atoms. The standard InChI is InChI=1S/C29H26FN3O3/c1-21-9-5-6-12-25(21)28(34)31-19-20-33(29(35)32-27-14-8-7-13-26(27)30)22-15-17-24(18-16-22)36-23-10-3-2-4-11-23/h2-18H,19-20H2,1H3,(H,31,34)(H,32,35). The summed E-state index contributed by atoms with van der Waals surface area (Å²) in [6, 6.07) is 29.0. The summed E-state index contributed by atoms with van der Waals surface area (Å²) in [6.07, 6.45) is 0. The minimum atomic E-state index is -0.537. The van der Waals surface area contributed by atoms with E-state index < -0.39 is 11.8 Å². The van der Waals surface area contributed by atoms with E-state index >= 15 is 0 Å². The van der Waals surface area contributed by atoms with Gasteiger partial charge in [-0.3, -0.25) is 9.69 Å². The van der Waals surface area contributed by atoms with E-state index in [9.17, 15) is 14.0 Å². The van der Waals surface area contributed by atoms with Crippen LogP contribution in [0.3, 0.4) is 0 Å². The van der Waals surface area contributed by atoms with Crippen LogP contribution in [0, 0.1) is 12.7 Å². The van der Waals surface area contributed by atoms with Gasteiger partial charge < -0.3 is 15.4 Å². The van der Waals surface area contributed by atoms with Gasteiger partial charge in [-0.2, -0.15) is 0 Å². The van der Waals surface area contributed by atoms with Crippen LogP contribution in [0.15, 0.2) is 103 Å². The third kappa shape index (κ3) is 6.27. The first-order valence-electron chi connectivity index (χ1n) is 11.5. The van der Waals surface area contributed by atoms with Crippen LogP contribution < -0.4 is 20.3 Å². The second-order valence-electron chi connectivity index (χ2n) is 8.04. The molecule has 4 rings (SSSR count). The number of nitrogens with one attached hydrogen (secondary N) is 2. The molecule has 0 aromatic heterocycles. The van der Waals surface area contributed by atoms with Crippen molar-refractivity contribution in [3.63, 3.8) is 0 Å². The number of carbonyl (C=O) groups is 2. The van der Waals surface area contributed by atoms with Crippen LogP contribution in [0.25, 0.3) is 0 Å². The molecule has 182 valence electrons. The number of hydrogen-bond acceptors (Lipinski definition) is 3. The zero-order valence-corrected chi connectivity index (χ0v) is 19.8. The lowest BCUT2D eigenvalue weighted by atomic mass is 10.1. The quantitative estimate of drug-likeness (QED) is 0.305. The van der Waals surface area contributed by atoms with Gasteiger partial charge in [0.1, 0.15) is 17.3 Å². The first kappa shape index (κ1) is 24.5. The van der Waals surface area contributed by atoms with E-state index in [0.29, 0.717) is 22.7 Å². The molecule has 4 aromatic rings. The molecule has 7 heteroatoms. The number of hydrogen-bond donors (Lipinski definition) is 2. The number of rotatable bonds is 8. The Morgan fingerprint density at radius 2 is 1.44 bits per heavy atom. The Morgan fingerprint density at radius 3 is 2.17 bits per heavy atom. The molecule has 4 aromatic carbocycles. The maximum Gasteiger partial charge on any atom is 0.326 e. The van der Waals surface area contributed by atoms with E-state index in [2.05, 4.69) is 10.6 Å². The van der Waals surface area contributed by atoms with Crippen LogP contribution in [-0.2, 0) is 0 Å². The van der Waals surface area contributed by atoms with Crippen molar-refractivity contribution in [3.05, 3.63) is 120 Å². The molecule has 0 aliphatic carbocycles. The normalized spacial score (nSPS) is 10.4. The highest BCUT2D eigenvalue weighted by Crippen LogP contribution is 2.25. The first-order valence-corrected chi connectivity index (χ1v) is 11.5. The Kier molecular flexibility index (Phi) is 7.93. The minimum Gasteiger partial charge on any atom is -0.457 e. The number of aryl methyl sites for hydroxylation is 1. The third-order valence-electron chi connectivity index (χ3n) is 5.50. The zero-order chi connectivity index (χ0) is 25.3. The zero-order valence-electron chi connectivity index (χ0n) is 19.8. The number of nitrogens with zero attached hydrogens (tertiary/aromatic N) is 1. The van der Waals surface area contributed by atoms with Gasteiger partial charge >= 0.3 is 6.03 Å². The van der Waals surface area contributed by atoms with Crippen molar-refractivity contribution in [2.24, 2.45) is 0 Å². The largest absolute Gasteiger partial charge is 0.457 e. The van der Waals surface area contributed by atoms with E-state index in [1.165, 1.54) is 17.0 Å². The maximum atomic E-state index is 14.2. The summed E-state index contributed by atoms with van der Waals surface area (Å²) in [5.41, 5.74) is 2.07. The molecule has 0 aliphatic rings. The lowest BCUT2D eigenvalue weighted by molar-refractivity contribution is 0.0954. The second kappa shape index (κ2) is 11.7. The summed E-state index contributed by atoms with van der Waals surface area (Å²) in [4.78, 5) is 27.2. The molecule has 0 fully saturated rings. The lowest BCUT2D eigenvalue weighted by Gasteiger charge is -2.24. The van der Waals surface area contributed by atoms with Gasteiger partial charge in [0, 0.05) is 24.3 Å². The van der Waals surface area contributed by atoms with Crippen molar-refractivity contribution >= 4 is 23.3 Å². The number of urea groups is 1. The Labute approximate surface area is 209 Å². The van der Waals surface area contributed by atoms with Crippen molar-refractivity contribution in [2.75, 3.05) is 23.3 Å². The summed E-state index contributed by atoms with van der Waals surface area (Å²) in [6.45, 7) is 2.22. The Balaban J connectivity index is 1.49. The van der Waals surface area contributed by atoms with E-state index in [1.54, 1.807) is 48.5 Å². The fraction of sp³-hybridized carbons (Fsp3) is 0.103. The van der Waals surface area contributed by atoms with E-state index in [1.807, 2.05) is 49.4 Å². The fourth-order valence-electron chi connectivity index (χ4n) is 3.62. The number of benzene rings is 4. The Hall–Kier alpha value is -4.65. The minimum absolute atomic E-state index is 0.0699. The topological polar surface area (TPSA) is 70.7 Å². The predicted molar refractivity (Wildman–Crippen MR) is 139 cm³/mol. The van der Waals surface area contributed by atoms with Crippen LogP contribution in [0.2, 0.25) is 0 Å². The van der Waals surface area contributed by atoms with Gasteiger partial charge in [0.2, 0.25) is 0 Å². The summed E-state index contributed by atoms with van der Waals surface area (Å²) in [5, 5.41) is 5.47. The number of para-hydroxylation sites is 2. The number of anilines is 2. The van der Waals surface area contributed by atoms with Gasteiger partial charge in [0.15, 0.2) is 0 Å². The molecular weight excluding hydrogens is 457 g/mol. The number of halogens is 1. The Bertz CT molecular complexity index is 1330. The smallest absolute Gasteiger partial charge is 0.326 e. The highest BCUT2D eigenvalue weighted by atomic mass is 19.1. The van der Waals surface area contributed by atoms with Gasteiger partial charge in [-0.05, 0) is 67.1 Å². The molecule has 2 N–H and O–H groups in total. The molecule has 0 saturated heterocycles. The summed E-state index contributed by atoms with van der Waals surface area (Å²) in [7, 11) is 0. The van der Waals surface area contributed by atoms with Crippen LogP contribution >= 0.6 is 0 Å². The van der Waals surface area contributed by atoms with Crippen molar-refractivity contribution in [1.82, 2.24) is 5.32 Å². The summed E-state index contributed by atoms with van der Waals surface area (Å²) in [5.74, 6) is 0.532. The maximum absolute atomic E-state index is 14.2. The monoisotopic (exact) mass is 483 g/mol. The lowest BCUT2D eigenvalue weighted by Crippen LogP contribution is -2.41. The van der Waals surface area contributed by atoms with Crippen molar-refractivity contribution in [1.29, 1.82) is 0 Å². The molecule has 3 amide bonds.